The molecule has 1 aromatic carbocycles. The Balaban J connectivity index is 1.42. The Morgan fingerprint density at radius 2 is 1.77 bits per heavy atom. The number of nitrogens with one attached hydrogen (secondary N) is 1. The van der Waals surface area contributed by atoms with Crippen LogP contribution in [0.4, 0.5) is 4.39 Å². The van der Waals surface area contributed by atoms with E-state index in [1.807, 2.05) is 0 Å². The third-order valence-electron chi connectivity index (χ3n) is 7.22. The first kappa shape index (κ1) is 22.1. The molecule has 3 fully saturated rings. The molecule has 0 bridgehead atoms. The predicted molar refractivity (Wildman–Crippen MR) is 117 cm³/mol. The summed E-state index contributed by atoms with van der Waals surface area (Å²) in [4.78, 5) is 12.7. The number of carbonyl (C=O) groups is 1. The van der Waals surface area contributed by atoms with Gasteiger partial charge in [-0.1, -0.05) is 30.5 Å². The maximum absolute atomic E-state index is 14.2. The summed E-state index contributed by atoms with van der Waals surface area (Å²) in [6.45, 7) is 2.19. The Morgan fingerprint density at radius 1 is 1.13 bits per heavy atom. The van der Waals surface area contributed by atoms with Crippen LogP contribution in [0.25, 0.3) is 0 Å². The third-order valence-corrected chi connectivity index (χ3v) is 10.1. The molecule has 1 N–H and O–H groups in total. The zero-order chi connectivity index (χ0) is 21.5. The van der Waals surface area contributed by atoms with Crippen molar-refractivity contribution in [2.24, 2.45) is 17.3 Å². The van der Waals surface area contributed by atoms with Gasteiger partial charge in [0.2, 0.25) is 0 Å². The van der Waals surface area contributed by atoms with Gasteiger partial charge >= 0.3 is 0 Å². The number of sulfone groups is 1. The molecule has 1 amide bonds. The average Bonchev–Trinajstić information content (AvgIpc) is 3.62. The summed E-state index contributed by atoms with van der Waals surface area (Å²) >= 11 is 6.19. The first-order valence-corrected chi connectivity index (χ1v) is 13.2. The van der Waals surface area contributed by atoms with Gasteiger partial charge in [-0.25, -0.2) is 12.8 Å². The van der Waals surface area contributed by atoms with Gasteiger partial charge in [0.25, 0.3) is 5.91 Å². The molecule has 0 atom stereocenters. The van der Waals surface area contributed by atoms with E-state index >= 15 is 0 Å². The van der Waals surface area contributed by atoms with E-state index in [2.05, 4.69) is 5.32 Å². The van der Waals surface area contributed by atoms with Gasteiger partial charge in [0.05, 0.1) is 21.6 Å². The van der Waals surface area contributed by atoms with E-state index in [1.165, 1.54) is 18.9 Å². The fraction of sp³-hybridized carbons (Fsp3) is 0.696. The van der Waals surface area contributed by atoms with E-state index < -0.39 is 21.6 Å². The number of aryl methyl sites for hydroxylation is 1. The zero-order valence-electron chi connectivity index (χ0n) is 17.6. The van der Waals surface area contributed by atoms with E-state index in [9.17, 15) is 17.6 Å². The van der Waals surface area contributed by atoms with Crippen LogP contribution in [0.2, 0.25) is 5.02 Å². The Hall–Kier alpha value is -1.14. The third kappa shape index (κ3) is 5.01. The molecule has 0 saturated heterocycles. The molecule has 0 aromatic heterocycles. The zero-order valence-corrected chi connectivity index (χ0v) is 19.1. The van der Waals surface area contributed by atoms with Gasteiger partial charge in [-0.2, -0.15) is 0 Å². The van der Waals surface area contributed by atoms with Crippen LogP contribution < -0.4 is 5.32 Å². The fourth-order valence-corrected chi connectivity index (χ4v) is 7.38. The highest BCUT2D eigenvalue weighted by Crippen LogP contribution is 2.49. The second-order valence-corrected chi connectivity index (χ2v) is 12.6. The maximum atomic E-state index is 14.2. The number of amides is 1. The summed E-state index contributed by atoms with van der Waals surface area (Å²) < 4.78 is 39.7. The highest BCUT2D eigenvalue weighted by atomic mass is 35.5. The maximum Gasteiger partial charge on any atom is 0.255 e. The molecule has 7 heteroatoms. The summed E-state index contributed by atoms with van der Waals surface area (Å²) in [5.74, 6) is 0.283. The van der Waals surface area contributed by atoms with Gasteiger partial charge in [-0.15, -0.1) is 0 Å². The van der Waals surface area contributed by atoms with Crippen LogP contribution >= 0.6 is 11.6 Å². The molecule has 0 heterocycles. The molecular formula is C23H31ClFNO3S. The van der Waals surface area contributed by atoms with Crippen LogP contribution in [0.3, 0.4) is 0 Å². The van der Waals surface area contributed by atoms with Crippen molar-refractivity contribution in [2.45, 2.75) is 70.0 Å². The summed E-state index contributed by atoms with van der Waals surface area (Å²) in [5.41, 5.74) is 0.464. The second-order valence-electron chi connectivity index (χ2n) is 9.86. The normalized spacial score (nSPS) is 27.1. The van der Waals surface area contributed by atoms with Crippen molar-refractivity contribution in [3.8, 4) is 0 Å². The van der Waals surface area contributed by atoms with Crippen LogP contribution in [0.5, 0.6) is 0 Å². The number of benzene rings is 1. The number of halogens is 2. The van der Waals surface area contributed by atoms with E-state index in [0.29, 0.717) is 42.5 Å². The summed E-state index contributed by atoms with van der Waals surface area (Å²) in [6.07, 6.45) is 8.42. The van der Waals surface area contributed by atoms with E-state index in [-0.39, 0.29) is 21.3 Å². The van der Waals surface area contributed by atoms with Crippen LogP contribution in [-0.2, 0) is 9.84 Å². The second kappa shape index (κ2) is 8.42. The summed E-state index contributed by atoms with van der Waals surface area (Å²) in [7, 11) is -3.03. The standard InChI is InChI=1S/C23H31ClFNO3S/c1-15-2-7-19(25)20(21(15)24)22(27)26-14-23(12-16-3-4-16)10-8-18(9-11-23)30(28,29)13-17-5-6-17/h2,7,16-18H,3-6,8-14H2,1H3,(H,26,27). The van der Waals surface area contributed by atoms with Gasteiger partial charge in [0.15, 0.2) is 9.84 Å². The quantitative estimate of drug-likeness (QED) is 0.595. The minimum Gasteiger partial charge on any atom is -0.351 e. The minimum atomic E-state index is -3.03. The monoisotopic (exact) mass is 455 g/mol. The molecule has 1 aromatic rings. The van der Waals surface area contributed by atoms with E-state index in [4.69, 9.17) is 11.6 Å². The SMILES string of the molecule is Cc1ccc(F)c(C(=O)NCC2(CC3CC3)CCC(S(=O)(=O)CC3CC3)CC2)c1Cl. The lowest BCUT2D eigenvalue weighted by atomic mass is 9.70. The Labute approximate surface area is 183 Å². The molecule has 3 aliphatic rings. The van der Waals surface area contributed by atoms with Crippen molar-refractivity contribution in [2.75, 3.05) is 12.3 Å². The molecule has 0 radical (unpaired) electrons. The van der Waals surface area contributed by atoms with Crippen LogP contribution in [-0.4, -0.2) is 31.9 Å². The van der Waals surface area contributed by atoms with Crippen molar-refractivity contribution in [1.29, 1.82) is 0 Å². The lowest BCUT2D eigenvalue weighted by Gasteiger charge is -2.40. The molecule has 30 heavy (non-hydrogen) atoms. The van der Waals surface area contributed by atoms with Crippen molar-refractivity contribution in [3.63, 3.8) is 0 Å². The van der Waals surface area contributed by atoms with Gasteiger partial charge in [-0.05, 0) is 80.8 Å². The summed E-state index contributed by atoms with van der Waals surface area (Å²) in [5, 5.41) is 2.84. The molecule has 0 aliphatic heterocycles. The highest BCUT2D eigenvalue weighted by molar-refractivity contribution is 7.92. The molecule has 4 nitrogen and oxygen atoms in total. The Morgan fingerprint density at radius 3 is 2.37 bits per heavy atom. The van der Waals surface area contributed by atoms with Gasteiger partial charge in [-0.3, -0.25) is 4.79 Å². The van der Waals surface area contributed by atoms with E-state index in [1.54, 1.807) is 13.0 Å². The number of rotatable bonds is 8. The smallest absolute Gasteiger partial charge is 0.255 e. The van der Waals surface area contributed by atoms with Crippen molar-refractivity contribution in [1.82, 2.24) is 5.32 Å². The number of hydrogen-bond donors (Lipinski definition) is 1. The topological polar surface area (TPSA) is 63.2 Å². The molecule has 3 saturated carbocycles. The molecule has 166 valence electrons. The predicted octanol–water partition coefficient (Wildman–Crippen LogP) is 5.07. The molecule has 3 aliphatic carbocycles. The van der Waals surface area contributed by atoms with Gasteiger partial charge in [0, 0.05) is 6.54 Å². The highest BCUT2D eigenvalue weighted by Gasteiger charge is 2.43. The molecule has 0 spiro atoms. The largest absolute Gasteiger partial charge is 0.351 e. The molecule has 4 rings (SSSR count). The van der Waals surface area contributed by atoms with Gasteiger partial charge in [0.1, 0.15) is 5.82 Å². The van der Waals surface area contributed by atoms with Crippen molar-refractivity contribution >= 4 is 27.3 Å². The Bertz CT molecular complexity index is 917. The Kier molecular flexibility index (Phi) is 6.19. The summed E-state index contributed by atoms with van der Waals surface area (Å²) in [6, 6.07) is 2.83. The first-order valence-electron chi connectivity index (χ1n) is 11.1. The van der Waals surface area contributed by atoms with Crippen LogP contribution in [0, 0.1) is 30.0 Å². The molecule has 0 unspecified atom stereocenters. The minimum absolute atomic E-state index is 0.0982. The lowest BCUT2D eigenvalue weighted by molar-refractivity contribution is 0.0891. The van der Waals surface area contributed by atoms with Crippen molar-refractivity contribution < 1.29 is 17.6 Å². The number of carbonyl (C=O) groups excluding carboxylic acids is 1. The van der Waals surface area contributed by atoms with E-state index in [0.717, 1.165) is 32.1 Å². The number of hydrogen-bond acceptors (Lipinski definition) is 3. The lowest BCUT2D eigenvalue weighted by Crippen LogP contribution is -2.43. The molecular weight excluding hydrogens is 425 g/mol. The van der Waals surface area contributed by atoms with Crippen LogP contribution in [0.1, 0.15) is 73.7 Å². The fourth-order valence-electron chi connectivity index (χ4n) is 4.92. The van der Waals surface area contributed by atoms with Gasteiger partial charge < -0.3 is 5.32 Å². The average molecular weight is 456 g/mol. The van der Waals surface area contributed by atoms with Crippen molar-refractivity contribution in [3.05, 3.63) is 34.1 Å². The van der Waals surface area contributed by atoms with Crippen LogP contribution in [0.15, 0.2) is 12.1 Å². The first-order chi connectivity index (χ1) is 14.2.